The number of carbonyl (C=O) groups excluding carboxylic acids is 2. The second kappa shape index (κ2) is 6.99. The van der Waals surface area contributed by atoms with Crippen LogP contribution in [-0.4, -0.2) is 36.1 Å². The molecule has 1 aromatic carbocycles. The van der Waals surface area contributed by atoms with Crippen molar-refractivity contribution in [3.8, 4) is 0 Å². The van der Waals surface area contributed by atoms with Crippen LogP contribution < -0.4 is 5.32 Å². The van der Waals surface area contributed by atoms with Gasteiger partial charge in [-0.1, -0.05) is 0 Å². The molecule has 6 nitrogen and oxygen atoms in total. The molecule has 1 rings (SSSR count). The number of carboxylic acid groups (broad SMARTS) is 1. The third-order valence-corrected chi connectivity index (χ3v) is 3.03. The third kappa shape index (κ3) is 4.30. The number of nitrogens with one attached hydrogen (secondary N) is 1. The van der Waals surface area contributed by atoms with Gasteiger partial charge in [-0.15, -0.1) is 0 Å². The van der Waals surface area contributed by atoms with Gasteiger partial charge in [-0.05, 0) is 34.1 Å². The second-order valence-corrected chi connectivity index (χ2v) is 4.63. The van der Waals surface area contributed by atoms with Gasteiger partial charge in [0.25, 0.3) is 5.91 Å². The van der Waals surface area contributed by atoms with Crippen LogP contribution in [0.3, 0.4) is 0 Å². The lowest BCUT2D eigenvalue weighted by atomic mass is 10.1. The molecule has 0 heterocycles. The van der Waals surface area contributed by atoms with Crippen LogP contribution in [-0.2, 0) is 14.3 Å². The molecule has 0 aliphatic carbocycles. The summed E-state index contributed by atoms with van der Waals surface area (Å²) >= 11 is 2.93. The van der Waals surface area contributed by atoms with Gasteiger partial charge < -0.3 is 15.2 Å². The van der Waals surface area contributed by atoms with Crippen molar-refractivity contribution < 1.29 is 28.6 Å². The molecule has 0 radical (unpaired) electrons. The van der Waals surface area contributed by atoms with E-state index in [-0.39, 0.29) is 10.0 Å². The number of benzene rings is 1. The van der Waals surface area contributed by atoms with E-state index in [9.17, 15) is 18.8 Å². The van der Waals surface area contributed by atoms with Crippen molar-refractivity contribution >= 4 is 33.8 Å². The summed E-state index contributed by atoms with van der Waals surface area (Å²) in [5.41, 5.74) is -0.0539. The van der Waals surface area contributed by atoms with Crippen molar-refractivity contribution in [3.63, 3.8) is 0 Å². The number of hydrogen-bond donors (Lipinski definition) is 2. The maximum atomic E-state index is 13.3. The number of esters is 1. The largest absolute Gasteiger partial charge is 0.480 e. The minimum atomic E-state index is -1.44. The molecule has 8 heteroatoms. The Morgan fingerprint density at radius 1 is 1.45 bits per heavy atom. The van der Waals surface area contributed by atoms with E-state index < -0.39 is 36.1 Å². The molecule has 0 spiro atoms. The predicted molar refractivity (Wildman–Crippen MR) is 69.6 cm³/mol. The molecule has 2 N–H and O–H groups in total. The van der Waals surface area contributed by atoms with E-state index in [2.05, 4.69) is 26.0 Å². The maximum absolute atomic E-state index is 13.3. The Kier molecular flexibility index (Phi) is 5.63. The highest BCUT2D eigenvalue weighted by Crippen LogP contribution is 2.16. The highest BCUT2D eigenvalue weighted by Gasteiger charge is 2.24. The normalized spacial score (nSPS) is 11.6. The highest BCUT2D eigenvalue weighted by molar-refractivity contribution is 9.10. The van der Waals surface area contributed by atoms with E-state index in [1.165, 1.54) is 12.1 Å². The molecule has 1 aromatic rings. The topological polar surface area (TPSA) is 92.7 Å². The first-order valence-corrected chi connectivity index (χ1v) is 6.20. The van der Waals surface area contributed by atoms with Crippen LogP contribution in [0.5, 0.6) is 0 Å². The van der Waals surface area contributed by atoms with Crippen molar-refractivity contribution in [3.05, 3.63) is 34.1 Å². The Bertz CT molecular complexity index is 549. The molecule has 0 bridgehead atoms. The highest BCUT2D eigenvalue weighted by atomic mass is 79.9. The lowest BCUT2D eigenvalue weighted by molar-refractivity contribution is -0.147. The molecule has 0 fully saturated rings. The van der Waals surface area contributed by atoms with Gasteiger partial charge in [0, 0.05) is 5.56 Å². The third-order valence-electron chi connectivity index (χ3n) is 2.38. The number of methoxy groups -OCH3 is 1. The SMILES string of the molecule is COC(=O)C[C@H](NC(=O)c1ccc(Br)c(F)c1)C(=O)O. The van der Waals surface area contributed by atoms with E-state index in [1.807, 2.05) is 0 Å². The minimum Gasteiger partial charge on any atom is -0.480 e. The van der Waals surface area contributed by atoms with Crippen molar-refractivity contribution in [1.29, 1.82) is 0 Å². The molecule has 0 saturated carbocycles. The van der Waals surface area contributed by atoms with Gasteiger partial charge in [0.15, 0.2) is 0 Å². The maximum Gasteiger partial charge on any atom is 0.326 e. The summed E-state index contributed by atoms with van der Waals surface area (Å²) in [6, 6.07) is 2.15. The average molecular weight is 348 g/mol. The summed E-state index contributed by atoms with van der Waals surface area (Å²) in [5.74, 6) is -3.62. The summed E-state index contributed by atoms with van der Waals surface area (Å²) in [4.78, 5) is 33.8. The van der Waals surface area contributed by atoms with Crippen molar-refractivity contribution in [1.82, 2.24) is 5.32 Å². The zero-order valence-electron chi connectivity index (χ0n) is 10.4. The van der Waals surface area contributed by atoms with Crippen LogP contribution in [0.2, 0.25) is 0 Å². The number of hydrogen-bond acceptors (Lipinski definition) is 4. The van der Waals surface area contributed by atoms with E-state index in [1.54, 1.807) is 0 Å². The Labute approximate surface area is 122 Å². The molecule has 20 heavy (non-hydrogen) atoms. The molecule has 0 saturated heterocycles. The van der Waals surface area contributed by atoms with Crippen LogP contribution in [0.4, 0.5) is 4.39 Å². The minimum absolute atomic E-state index is 0.0539. The van der Waals surface area contributed by atoms with Crippen LogP contribution in [0.1, 0.15) is 16.8 Å². The Morgan fingerprint density at radius 2 is 2.10 bits per heavy atom. The molecule has 1 amide bonds. The van der Waals surface area contributed by atoms with E-state index in [4.69, 9.17) is 5.11 Å². The molecular weight excluding hydrogens is 337 g/mol. The van der Waals surface area contributed by atoms with Gasteiger partial charge in [0.1, 0.15) is 11.9 Å². The summed E-state index contributed by atoms with van der Waals surface area (Å²) in [7, 11) is 1.10. The Balaban J connectivity index is 2.82. The first-order valence-electron chi connectivity index (χ1n) is 5.40. The van der Waals surface area contributed by atoms with Crippen molar-refractivity contribution in [2.24, 2.45) is 0 Å². The van der Waals surface area contributed by atoms with Crippen molar-refractivity contribution in [2.45, 2.75) is 12.5 Å². The molecule has 0 aliphatic heterocycles. The number of aliphatic carboxylic acids is 1. The van der Waals surface area contributed by atoms with Gasteiger partial charge in [-0.25, -0.2) is 9.18 Å². The second-order valence-electron chi connectivity index (χ2n) is 3.77. The van der Waals surface area contributed by atoms with Gasteiger partial charge in [-0.3, -0.25) is 9.59 Å². The standard InChI is InChI=1S/C12H11BrFNO5/c1-20-10(16)5-9(12(18)19)15-11(17)6-2-3-7(13)8(14)4-6/h2-4,9H,5H2,1H3,(H,15,17)(H,18,19)/t9-/m0/s1. The zero-order valence-corrected chi connectivity index (χ0v) is 11.9. The van der Waals surface area contributed by atoms with E-state index in [0.717, 1.165) is 13.2 Å². The lowest BCUT2D eigenvalue weighted by Gasteiger charge is -2.13. The van der Waals surface area contributed by atoms with Gasteiger partial charge in [0.05, 0.1) is 18.0 Å². The molecule has 0 aliphatic rings. The van der Waals surface area contributed by atoms with E-state index >= 15 is 0 Å². The quantitative estimate of drug-likeness (QED) is 0.784. The number of halogens is 2. The molecule has 0 aromatic heterocycles. The summed E-state index contributed by atoms with van der Waals surface area (Å²) in [5, 5.41) is 11.0. The molecule has 1 atom stereocenters. The fraction of sp³-hybridized carbons (Fsp3) is 0.250. The van der Waals surface area contributed by atoms with Crippen molar-refractivity contribution in [2.75, 3.05) is 7.11 Å². The van der Waals surface area contributed by atoms with Gasteiger partial charge in [0.2, 0.25) is 0 Å². The average Bonchev–Trinajstić information content (AvgIpc) is 2.40. The zero-order chi connectivity index (χ0) is 15.3. The summed E-state index contributed by atoms with van der Waals surface area (Å²) in [6.07, 6.45) is -0.517. The molecular formula is C12H11BrFNO5. The van der Waals surface area contributed by atoms with Gasteiger partial charge >= 0.3 is 11.9 Å². The number of carbonyl (C=O) groups is 3. The Hall–Kier alpha value is -1.96. The number of rotatable bonds is 5. The lowest BCUT2D eigenvalue weighted by Crippen LogP contribution is -2.42. The monoisotopic (exact) mass is 347 g/mol. The van der Waals surface area contributed by atoms with Gasteiger partial charge in [-0.2, -0.15) is 0 Å². The summed E-state index contributed by atoms with van der Waals surface area (Å²) < 4.78 is 17.8. The fourth-order valence-electron chi connectivity index (χ4n) is 1.33. The van der Waals surface area contributed by atoms with Crippen LogP contribution >= 0.6 is 15.9 Å². The van der Waals surface area contributed by atoms with E-state index in [0.29, 0.717) is 0 Å². The molecule has 0 unspecified atom stereocenters. The Morgan fingerprint density at radius 3 is 2.60 bits per heavy atom. The van der Waals surface area contributed by atoms with Crippen LogP contribution in [0.15, 0.2) is 22.7 Å². The number of ether oxygens (including phenoxy) is 1. The smallest absolute Gasteiger partial charge is 0.326 e. The predicted octanol–water partition coefficient (Wildman–Crippen LogP) is 1.33. The summed E-state index contributed by atoms with van der Waals surface area (Å²) in [6.45, 7) is 0. The number of carboxylic acids is 1. The first-order chi connectivity index (χ1) is 9.35. The van der Waals surface area contributed by atoms with Crippen LogP contribution in [0, 0.1) is 5.82 Å². The first kappa shape index (κ1) is 16.1. The number of amides is 1. The van der Waals surface area contributed by atoms with Crippen LogP contribution in [0.25, 0.3) is 0 Å². The fourth-order valence-corrected chi connectivity index (χ4v) is 1.58. The molecule has 108 valence electrons.